The monoisotopic (exact) mass is 257 g/mol. The van der Waals surface area contributed by atoms with Gasteiger partial charge in [0.25, 0.3) is 0 Å². The summed E-state index contributed by atoms with van der Waals surface area (Å²) >= 11 is 0. The predicted molar refractivity (Wildman–Crippen MR) is 76.6 cm³/mol. The Labute approximate surface area is 113 Å². The van der Waals surface area contributed by atoms with Gasteiger partial charge in [-0.15, -0.1) is 0 Å². The molecule has 0 aliphatic rings. The lowest BCUT2D eigenvalue weighted by atomic mass is 10.2. The van der Waals surface area contributed by atoms with Crippen LogP contribution in [0.1, 0.15) is 17.1 Å². The molecule has 100 valence electrons. The maximum absolute atomic E-state index is 5.58. The third-order valence-electron chi connectivity index (χ3n) is 2.64. The Morgan fingerprint density at radius 3 is 2.68 bits per heavy atom. The van der Waals surface area contributed by atoms with Gasteiger partial charge in [-0.05, 0) is 24.7 Å². The first-order valence-electron chi connectivity index (χ1n) is 6.40. The Morgan fingerprint density at radius 2 is 1.89 bits per heavy atom. The van der Waals surface area contributed by atoms with Gasteiger partial charge in [-0.3, -0.25) is 0 Å². The summed E-state index contributed by atoms with van der Waals surface area (Å²) < 4.78 is 11.1. The fraction of sp³-hybridized carbons (Fsp3) is 0.250. The molecule has 1 N–H and O–H groups in total. The molecule has 0 atom stereocenters. The molecule has 1 aromatic carbocycles. The van der Waals surface area contributed by atoms with Crippen molar-refractivity contribution in [3.8, 4) is 0 Å². The molecular weight excluding hydrogens is 238 g/mol. The van der Waals surface area contributed by atoms with E-state index in [9.17, 15) is 0 Å². The van der Waals surface area contributed by atoms with Crippen LogP contribution in [0.5, 0.6) is 0 Å². The Balaban J connectivity index is 1.70. The quantitative estimate of drug-likeness (QED) is 0.773. The van der Waals surface area contributed by atoms with E-state index in [1.54, 1.807) is 0 Å². The highest BCUT2D eigenvalue weighted by Gasteiger charge is 2.00. The molecule has 0 saturated carbocycles. The molecular formula is C16H19NO2. The van der Waals surface area contributed by atoms with E-state index in [0.29, 0.717) is 13.2 Å². The summed E-state index contributed by atoms with van der Waals surface area (Å²) in [5, 5.41) is 3.05. The first kappa shape index (κ1) is 13.6. The third kappa shape index (κ3) is 4.73. The third-order valence-corrected chi connectivity index (χ3v) is 2.64. The number of benzene rings is 1. The van der Waals surface area contributed by atoms with Gasteiger partial charge in [-0.25, -0.2) is 0 Å². The summed E-state index contributed by atoms with van der Waals surface area (Å²) in [6.07, 6.45) is 4.06. The molecule has 3 nitrogen and oxygen atoms in total. The van der Waals surface area contributed by atoms with Crippen LogP contribution in [0.15, 0.2) is 53.0 Å². The molecule has 0 radical (unpaired) electrons. The number of rotatable bonds is 7. The summed E-state index contributed by atoms with van der Waals surface area (Å²) in [7, 11) is 1.90. The van der Waals surface area contributed by atoms with Gasteiger partial charge in [0.15, 0.2) is 0 Å². The fourth-order valence-corrected chi connectivity index (χ4v) is 1.75. The van der Waals surface area contributed by atoms with Crippen molar-refractivity contribution in [1.29, 1.82) is 0 Å². The second-order valence-electron chi connectivity index (χ2n) is 4.23. The van der Waals surface area contributed by atoms with Crippen molar-refractivity contribution in [2.24, 2.45) is 0 Å². The number of hydrogen-bond acceptors (Lipinski definition) is 3. The Bertz CT molecular complexity index is 502. The van der Waals surface area contributed by atoms with E-state index in [2.05, 4.69) is 23.5 Å². The molecule has 19 heavy (non-hydrogen) atoms. The van der Waals surface area contributed by atoms with Crippen LogP contribution in [0.4, 0.5) is 0 Å². The summed E-state index contributed by atoms with van der Waals surface area (Å²) in [5.41, 5.74) is 1.18. The van der Waals surface area contributed by atoms with Crippen LogP contribution in [-0.2, 0) is 17.9 Å². The van der Waals surface area contributed by atoms with Crippen LogP contribution in [0.25, 0.3) is 6.08 Å². The van der Waals surface area contributed by atoms with Crippen LogP contribution in [0.3, 0.4) is 0 Å². The summed E-state index contributed by atoms with van der Waals surface area (Å²) in [6, 6.07) is 14.1. The molecule has 0 fully saturated rings. The Hall–Kier alpha value is -1.84. The van der Waals surface area contributed by atoms with Crippen LogP contribution >= 0.6 is 0 Å². The molecule has 0 spiro atoms. The topological polar surface area (TPSA) is 34.4 Å². The van der Waals surface area contributed by atoms with E-state index in [4.69, 9.17) is 9.15 Å². The Kier molecular flexibility index (Phi) is 5.41. The lowest BCUT2D eigenvalue weighted by Crippen LogP contribution is -2.03. The van der Waals surface area contributed by atoms with E-state index in [1.807, 2.05) is 43.5 Å². The largest absolute Gasteiger partial charge is 0.462 e. The van der Waals surface area contributed by atoms with E-state index in [-0.39, 0.29) is 0 Å². The normalized spacial score (nSPS) is 11.2. The number of ether oxygens (including phenoxy) is 1. The SMILES string of the molecule is CNCc1ccc(COCC=Cc2ccccc2)o1. The van der Waals surface area contributed by atoms with Crippen molar-refractivity contribution in [1.82, 2.24) is 5.32 Å². The summed E-state index contributed by atoms with van der Waals surface area (Å²) in [4.78, 5) is 0. The number of nitrogens with one attached hydrogen (secondary N) is 1. The van der Waals surface area contributed by atoms with Crippen LogP contribution in [-0.4, -0.2) is 13.7 Å². The predicted octanol–water partition coefficient (Wildman–Crippen LogP) is 3.23. The van der Waals surface area contributed by atoms with Gasteiger partial charge in [0.05, 0.1) is 13.2 Å². The first-order valence-corrected chi connectivity index (χ1v) is 6.40. The van der Waals surface area contributed by atoms with Gasteiger partial charge in [-0.1, -0.05) is 42.5 Å². The molecule has 2 aromatic rings. The minimum atomic E-state index is 0.503. The number of furan rings is 1. The Morgan fingerprint density at radius 1 is 1.11 bits per heavy atom. The second-order valence-corrected chi connectivity index (χ2v) is 4.23. The van der Waals surface area contributed by atoms with Crippen molar-refractivity contribution in [3.05, 3.63) is 65.6 Å². The van der Waals surface area contributed by atoms with Crippen LogP contribution in [0, 0.1) is 0 Å². The highest BCUT2D eigenvalue weighted by molar-refractivity contribution is 5.48. The highest BCUT2D eigenvalue weighted by atomic mass is 16.5. The molecule has 1 aromatic heterocycles. The maximum atomic E-state index is 5.58. The van der Waals surface area contributed by atoms with E-state index in [0.717, 1.165) is 18.1 Å². The first-order chi connectivity index (χ1) is 9.38. The van der Waals surface area contributed by atoms with E-state index >= 15 is 0 Å². The van der Waals surface area contributed by atoms with Crippen LogP contribution < -0.4 is 5.32 Å². The lowest BCUT2D eigenvalue weighted by molar-refractivity contribution is 0.130. The van der Waals surface area contributed by atoms with Crippen LogP contribution in [0.2, 0.25) is 0 Å². The standard InChI is InChI=1S/C16H19NO2/c1-17-12-15-9-10-16(19-15)13-18-11-5-8-14-6-3-2-4-7-14/h2-10,17H,11-13H2,1H3. The van der Waals surface area contributed by atoms with Gasteiger partial charge < -0.3 is 14.5 Å². The molecule has 0 amide bonds. The average molecular weight is 257 g/mol. The molecule has 2 rings (SSSR count). The number of hydrogen-bond donors (Lipinski definition) is 1. The van der Waals surface area contributed by atoms with Crippen molar-refractivity contribution in [2.45, 2.75) is 13.2 Å². The van der Waals surface area contributed by atoms with Gasteiger partial charge in [0.1, 0.15) is 18.1 Å². The molecule has 1 heterocycles. The smallest absolute Gasteiger partial charge is 0.129 e. The van der Waals surface area contributed by atoms with E-state index < -0.39 is 0 Å². The van der Waals surface area contributed by atoms with Crippen molar-refractivity contribution in [2.75, 3.05) is 13.7 Å². The average Bonchev–Trinajstić information content (AvgIpc) is 2.88. The zero-order valence-electron chi connectivity index (χ0n) is 11.1. The minimum absolute atomic E-state index is 0.503. The van der Waals surface area contributed by atoms with E-state index in [1.165, 1.54) is 5.56 Å². The van der Waals surface area contributed by atoms with Gasteiger partial charge in [0.2, 0.25) is 0 Å². The maximum Gasteiger partial charge on any atom is 0.129 e. The van der Waals surface area contributed by atoms with Gasteiger partial charge in [0, 0.05) is 0 Å². The summed E-state index contributed by atoms with van der Waals surface area (Å²) in [5.74, 6) is 1.79. The lowest BCUT2D eigenvalue weighted by Gasteiger charge is -1.98. The zero-order valence-corrected chi connectivity index (χ0v) is 11.1. The zero-order chi connectivity index (χ0) is 13.3. The van der Waals surface area contributed by atoms with Gasteiger partial charge in [-0.2, -0.15) is 0 Å². The molecule has 0 bridgehead atoms. The van der Waals surface area contributed by atoms with Crippen molar-refractivity contribution < 1.29 is 9.15 Å². The van der Waals surface area contributed by atoms with Crippen molar-refractivity contribution >= 4 is 6.08 Å². The van der Waals surface area contributed by atoms with Crippen molar-refractivity contribution in [3.63, 3.8) is 0 Å². The molecule has 3 heteroatoms. The molecule has 0 saturated heterocycles. The molecule has 0 unspecified atom stereocenters. The van der Waals surface area contributed by atoms with Gasteiger partial charge >= 0.3 is 0 Å². The molecule has 0 aliphatic heterocycles. The molecule has 0 aliphatic carbocycles. The second kappa shape index (κ2) is 7.56. The summed E-state index contributed by atoms with van der Waals surface area (Å²) in [6.45, 7) is 1.83. The minimum Gasteiger partial charge on any atom is -0.462 e. The highest BCUT2D eigenvalue weighted by Crippen LogP contribution is 2.09. The fourth-order valence-electron chi connectivity index (χ4n) is 1.75.